The molecule has 50 heavy (non-hydrogen) atoms. The van der Waals surface area contributed by atoms with Crippen LogP contribution in [-0.4, -0.2) is 67.9 Å². The van der Waals surface area contributed by atoms with Gasteiger partial charge in [0.25, 0.3) is 0 Å². The van der Waals surface area contributed by atoms with Gasteiger partial charge in [-0.1, -0.05) is 118 Å². The molecule has 0 aromatic heterocycles. The fraction of sp³-hybridized carbons (Fsp3) is 0.929. The molecule has 0 atom stereocenters. The van der Waals surface area contributed by atoms with Gasteiger partial charge >= 0.3 is 18.0 Å². The topological polar surface area (TPSA) is 94.2 Å². The third-order valence-corrected chi connectivity index (χ3v) is 9.40. The number of hydrogen-bond acceptors (Lipinski definition) is 7. The van der Waals surface area contributed by atoms with Crippen LogP contribution >= 0.6 is 0 Å². The van der Waals surface area contributed by atoms with E-state index in [-0.39, 0.29) is 19.5 Å². The van der Waals surface area contributed by atoms with Crippen molar-refractivity contribution in [1.82, 2.24) is 10.2 Å². The number of hydrogen-bond donors (Lipinski definition) is 1. The Morgan fingerprint density at radius 3 is 1.34 bits per heavy atom. The van der Waals surface area contributed by atoms with Gasteiger partial charge in [-0.15, -0.1) is 0 Å². The van der Waals surface area contributed by atoms with Crippen molar-refractivity contribution in [1.29, 1.82) is 0 Å². The van der Waals surface area contributed by atoms with Crippen LogP contribution < -0.4 is 5.32 Å². The van der Waals surface area contributed by atoms with Crippen LogP contribution in [0.2, 0.25) is 0 Å². The van der Waals surface area contributed by atoms with Crippen LogP contribution in [0.5, 0.6) is 0 Å². The van der Waals surface area contributed by atoms with E-state index in [1.807, 2.05) is 20.8 Å². The molecule has 0 saturated heterocycles. The zero-order valence-electron chi connectivity index (χ0n) is 34.1. The van der Waals surface area contributed by atoms with E-state index in [0.29, 0.717) is 44.4 Å². The van der Waals surface area contributed by atoms with Crippen LogP contribution in [-0.2, 0) is 23.8 Å². The Labute approximate surface area is 310 Å². The lowest BCUT2D eigenvalue weighted by Crippen LogP contribution is -2.35. The quantitative estimate of drug-likeness (QED) is 0.0403. The van der Waals surface area contributed by atoms with E-state index in [2.05, 4.69) is 37.9 Å². The lowest BCUT2D eigenvalue weighted by atomic mass is 9.95. The van der Waals surface area contributed by atoms with Gasteiger partial charge in [0.1, 0.15) is 5.60 Å². The molecule has 0 spiro atoms. The molecule has 0 rings (SSSR count). The Kier molecular flexibility index (Phi) is 31.8. The van der Waals surface area contributed by atoms with Gasteiger partial charge in [0.05, 0.1) is 13.2 Å². The molecule has 1 N–H and O–H groups in total. The second kappa shape index (κ2) is 33.0. The van der Waals surface area contributed by atoms with E-state index < -0.39 is 5.60 Å². The highest BCUT2D eigenvalue weighted by atomic mass is 16.6. The standard InChI is InChI=1S/C42H82N2O6.H2/c1-8-23-37(24-9-2)29-35-48-39(45)27-18-14-12-16-20-32-44(34-22-31-43-41(47)50-42(5,6)7)33-21-17-13-15-19-28-40(46)49-36-30-38(25-10-3)26-11-4;/h37-38H,8-36H2,1-7H3,(H,43,47);1H. The molecule has 0 aliphatic heterocycles. The number of amides is 1. The van der Waals surface area contributed by atoms with Crippen molar-refractivity contribution in [3.8, 4) is 0 Å². The summed E-state index contributed by atoms with van der Waals surface area (Å²) in [4.78, 5) is 38.9. The van der Waals surface area contributed by atoms with Gasteiger partial charge in [-0.2, -0.15) is 0 Å². The first-order valence-corrected chi connectivity index (χ1v) is 21.0. The van der Waals surface area contributed by atoms with Gasteiger partial charge in [0.15, 0.2) is 0 Å². The normalized spacial score (nSPS) is 11.8. The van der Waals surface area contributed by atoms with Crippen molar-refractivity contribution >= 4 is 18.0 Å². The molecule has 0 bridgehead atoms. The van der Waals surface area contributed by atoms with E-state index in [1.165, 1.54) is 51.4 Å². The molecular formula is C42H84N2O6. The fourth-order valence-electron chi connectivity index (χ4n) is 6.74. The zero-order chi connectivity index (χ0) is 37.3. The average molecular weight is 713 g/mol. The number of alkyl carbamates (subject to hydrolysis) is 1. The molecule has 8 nitrogen and oxygen atoms in total. The second-order valence-corrected chi connectivity index (χ2v) is 15.6. The van der Waals surface area contributed by atoms with Crippen molar-refractivity contribution in [3.63, 3.8) is 0 Å². The molecule has 0 saturated carbocycles. The maximum absolute atomic E-state index is 12.2. The summed E-state index contributed by atoms with van der Waals surface area (Å²) in [6, 6.07) is 0. The summed E-state index contributed by atoms with van der Waals surface area (Å²) in [7, 11) is 0. The van der Waals surface area contributed by atoms with Gasteiger partial charge in [-0.25, -0.2) is 4.79 Å². The number of esters is 2. The number of carbonyl (C=O) groups excluding carboxylic acids is 3. The maximum Gasteiger partial charge on any atom is 0.407 e. The monoisotopic (exact) mass is 713 g/mol. The molecule has 0 aromatic rings. The minimum absolute atomic E-state index is 0. The minimum atomic E-state index is -0.491. The minimum Gasteiger partial charge on any atom is -0.466 e. The van der Waals surface area contributed by atoms with Crippen molar-refractivity contribution in [2.75, 3.05) is 39.4 Å². The van der Waals surface area contributed by atoms with Gasteiger partial charge < -0.3 is 24.4 Å². The van der Waals surface area contributed by atoms with Gasteiger partial charge in [-0.05, 0) is 97.2 Å². The molecule has 8 heteroatoms. The molecular weight excluding hydrogens is 628 g/mol. The summed E-state index contributed by atoms with van der Waals surface area (Å²) >= 11 is 0. The smallest absolute Gasteiger partial charge is 0.407 e. The van der Waals surface area contributed by atoms with E-state index in [0.717, 1.165) is 103 Å². The predicted molar refractivity (Wildman–Crippen MR) is 211 cm³/mol. The zero-order valence-corrected chi connectivity index (χ0v) is 34.1. The van der Waals surface area contributed by atoms with E-state index in [1.54, 1.807) is 0 Å². The van der Waals surface area contributed by atoms with Gasteiger partial charge in [0.2, 0.25) is 0 Å². The lowest BCUT2D eigenvalue weighted by molar-refractivity contribution is -0.145. The Morgan fingerprint density at radius 1 is 0.560 bits per heavy atom. The molecule has 298 valence electrons. The number of nitrogens with one attached hydrogen (secondary N) is 1. The first kappa shape index (κ1) is 48.2. The predicted octanol–water partition coefficient (Wildman–Crippen LogP) is 11.4. The molecule has 0 unspecified atom stereocenters. The SMILES string of the molecule is CCCC(CCC)CCOC(=O)CCCCCCCN(CCCCCCCC(=O)OCCC(CCC)CCC)CCCNC(=O)OC(C)(C)C.[HH]. The van der Waals surface area contributed by atoms with E-state index in [4.69, 9.17) is 14.2 Å². The Hall–Kier alpha value is -1.83. The van der Waals surface area contributed by atoms with Crippen molar-refractivity contribution in [2.24, 2.45) is 11.8 Å². The van der Waals surface area contributed by atoms with Gasteiger partial charge in [0, 0.05) is 20.8 Å². The second-order valence-electron chi connectivity index (χ2n) is 15.6. The molecule has 1 amide bonds. The summed E-state index contributed by atoms with van der Waals surface area (Å²) in [6.07, 6.45) is 24.1. The molecule has 0 fully saturated rings. The van der Waals surface area contributed by atoms with E-state index >= 15 is 0 Å². The van der Waals surface area contributed by atoms with Crippen LogP contribution in [0.25, 0.3) is 0 Å². The first-order chi connectivity index (χ1) is 24.0. The molecule has 0 aliphatic rings. The highest BCUT2D eigenvalue weighted by molar-refractivity contribution is 5.69. The summed E-state index contributed by atoms with van der Waals surface area (Å²) in [5.74, 6) is 1.29. The first-order valence-electron chi connectivity index (χ1n) is 21.0. The number of ether oxygens (including phenoxy) is 3. The van der Waals surface area contributed by atoms with Crippen LogP contribution in [0, 0.1) is 11.8 Å². The molecule has 0 aliphatic carbocycles. The summed E-state index contributed by atoms with van der Waals surface area (Å²) in [5.41, 5.74) is -0.491. The third-order valence-electron chi connectivity index (χ3n) is 9.40. The molecule has 0 aromatic carbocycles. The van der Waals surface area contributed by atoms with Crippen LogP contribution in [0.1, 0.15) is 198 Å². The van der Waals surface area contributed by atoms with E-state index in [9.17, 15) is 14.4 Å². The average Bonchev–Trinajstić information content (AvgIpc) is 3.05. The summed E-state index contributed by atoms with van der Waals surface area (Å²) in [6.45, 7) is 19.3. The third kappa shape index (κ3) is 32.1. The van der Waals surface area contributed by atoms with Crippen molar-refractivity contribution < 1.29 is 30.0 Å². The fourth-order valence-corrected chi connectivity index (χ4v) is 6.74. The maximum atomic E-state index is 12.2. The van der Waals surface area contributed by atoms with Crippen molar-refractivity contribution in [2.45, 2.75) is 202 Å². The molecule has 0 heterocycles. The lowest BCUT2D eigenvalue weighted by Gasteiger charge is -2.23. The highest BCUT2D eigenvalue weighted by Gasteiger charge is 2.16. The number of unbranched alkanes of at least 4 members (excludes halogenated alkanes) is 8. The van der Waals surface area contributed by atoms with Crippen LogP contribution in [0.3, 0.4) is 0 Å². The number of nitrogens with zero attached hydrogens (tertiary/aromatic N) is 1. The summed E-state index contributed by atoms with van der Waals surface area (Å²) < 4.78 is 16.4. The largest absolute Gasteiger partial charge is 0.466 e. The molecule has 0 radical (unpaired) electrons. The summed E-state index contributed by atoms with van der Waals surface area (Å²) in [5, 5.41) is 2.89. The van der Waals surface area contributed by atoms with Crippen LogP contribution in [0.4, 0.5) is 4.79 Å². The Balaban J connectivity index is 0. The van der Waals surface area contributed by atoms with Crippen LogP contribution in [0.15, 0.2) is 0 Å². The number of carbonyl (C=O) groups is 3. The Morgan fingerprint density at radius 2 is 0.940 bits per heavy atom. The Bertz CT molecular complexity index is 762. The van der Waals surface area contributed by atoms with Crippen molar-refractivity contribution in [3.05, 3.63) is 0 Å². The highest BCUT2D eigenvalue weighted by Crippen LogP contribution is 2.19. The van der Waals surface area contributed by atoms with Gasteiger partial charge in [-0.3, -0.25) is 9.59 Å². The number of rotatable bonds is 34.